The predicted octanol–water partition coefficient (Wildman–Crippen LogP) is 3.00. The van der Waals surface area contributed by atoms with E-state index in [1.165, 1.54) is 0 Å². The van der Waals surface area contributed by atoms with Gasteiger partial charge in [0.2, 0.25) is 0 Å². The first-order valence-corrected chi connectivity index (χ1v) is 4.43. The summed E-state index contributed by atoms with van der Waals surface area (Å²) in [6.45, 7) is 0. The molecule has 0 bridgehead atoms. The highest BCUT2D eigenvalue weighted by molar-refractivity contribution is 6.19. The molecule has 80 valence electrons. The van der Waals surface area contributed by atoms with Crippen molar-refractivity contribution in [2.75, 3.05) is 5.88 Å². The Labute approximate surface area is 89.5 Å². The SMILES string of the molecule is Oc1cc(C(F)(F)F)ccc1C#CCCl. The summed E-state index contributed by atoms with van der Waals surface area (Å²) in [5.74, 6) is 4.44. The van der Waals surface area contributed by atoms with Gasteiger partial charge in [-0.1, -0.05) is 11.8 Å². The van der Waals surface area contributed by atoms with E-state index in [0.29, 0.717) is 6.07 Å². The van der Waals surface area contributed by atoms with E-state index in [0.717, 1.165) is 12.1 Å². The number of hydrogen-bond donors (Lipinski definition) is 1. The lowest BCUT2D eigenvalue weighted by Crippen LogP contribution is -2.04. The van der Waals surface area contributed by atoms with E-state index in [9.17, 15) is 18.3 Å². The van der Waals surface area contributed by atoms with Crippen molar-refractivity contribution >= 4 is 11.6 Å². The lowest BCUT2D eigenvalue weighted by Gasteiger charge is -2.07. The molecule has 5 heteroatoms. The number of phenols is 1. The van der Waals surface area contributed by atoms with Gasteiger partial charge < -0.3 is 5.11 Å². The molecule has 1 aromatic carbocycles. The summed E-state index contributed by atoms with van der Waals surface area (Å²) < 4.78 is 36.6. The van der Waals surface area contributed by atoms with E-state index in [-0.39, 0.29) is 11.4 Å². The maximum atomic E-state index is 12.2. The summed E-state index contributed by atoms with van der Waals surface area (Å²) in [6, 6.07) is 2.61. The van der Waals surface area contributed by atoms with Crippen LogP contribution in [0.4, 0.5) is 13.2 Å². The molecule has 0 aliphatic heterocycles. The molecule has 0 amide bonds. The highest BCUT2D eigenvalue weighted by Gasteiger charge is 2.30. The molecule has 0 aliphatic carbocycles. The van der Waals surface area contributed by atoms with Crippen LogP contribution in [0.25, 0.3) is 0 Å². The van der Waals surface area contributed by atoms with Gasteiger partial charge in [0.1, 0.15) is 5.75 Å². The fraction of sp³-hybridized carbons (Fsp3) is 0.200. The largest absolute Gasteiger partial charge is 0.507 e. The van der Waals surface area contributed by atoms with Gasteiger partial charge in [0.15, 0.2) is 0 Å². The summed E-state index contributed by atoms with van der Waals surface area (Å²) in [6.07, 6.45) is -4.46. The molecule has 0 aliphatic rings. The van der Waals surface area contributed by atoms with E-state index in [2.05, 4.69) is 11.8 Å². The molecule has 15 heavy (non-hydrogen) atoms. The normalized spacial score (nSPS) is 10.7. The van der Waals surface area contributed by atoms with E-state index in [4.69, 9.17) is 11.6 Å². The number of halogens is 4. The minimum atomic E-state index is -4.46. The second-order valence-electron chi connectivity index (χ2n) is 2.67. The molecule has 0 aromatic heterocycles. The number of hydrogen-bond acceptors (Lipinski definition) is 1. The Balaban J connectivity index is 3.09. The lowest BCUT2D eigenvalue weighted by atomic mass is 10.1. The van der Waals surface area contributed by atoms with Crippen molar-refractivity contribution in [2.45, 2.75) is 6.18 Å². The Morgan fingerprint density at radius 3 is 2.47 bits per heavy atom. The maximum Gasteiger partial charge on any atom is 0.416 e. The van der Waals surface area contributed by atoms with Crippen LogP contribution < -0.4 is 0 Å². The third-order valence-corrected chi connectivity index (χ3v) is 1.75. The summed E-state index contributed by atoms with van der Waals surface area (Å²) in [4.78, 5) is 0. The van der Waals surface area contributed by atoms with Gasteiger partial charge in [-0.05, 0) is 18.2 Å². The number of phenolic OH excluding ortho intramolecular Hbond substituents is 1. The molecule has 0 spiro atoms. The molecule has 1 N–H and O–H groups in total. The van der Waals surface area contributed by atoms with Gasteiger partial charge in [-0.2, -0.15) is 13.2 Å². The second kappa shape index (κ2) is 4.45. The fourth-order valence-electron chi connectivity index (χ4n) is 0.942. The molecular weight excluding hydrogens is 229 g/mol. The topological polar surface area (TPSA) is 20.2 Å². The van der Waals surface area contributed by atoms with Gasteiger partial charge in [-0.15, -0.1) is 11.6 Å². The maximum absolute atomic E-state index is 12.2. The van der Waals surface area contributed by atoms with Crippen LogP contribution in [0.1, 0.15) is 11.1 Å². The van der Waals surface area contributed by atoms with Crippen molar-refractivity contribution in [3.8, 4) is 17.6 Å². The monoisotopic (exact) mass is 234 g/mol. The first kappa shape index (κ1) is 11.7. The highest BCUT2D eigenvalue weighted by Crippen LogP contribution is 2.32. The Kier molecular flexibility index (Phi) is 3.48. The summed E-state index contributed by atoms with van der Waals surface area (Å²) in [7, 11) is 0. The average Bonchev–Trinajstić information content (AvgIpc) is 2.14. The molecule has 0 heterocycles. The molecule has 1 nitrogen and oxygen atoms in total. The Bertz CT molecular complexity index is 415. The van der Waals surface area contributed by atoms with Crippen molar-refractivity contribution in [1.29, 1.82) is 0 Å². The van der Waals surface area contributed by atoms with Crippen LogP contribution in [0.15, 0.2) is 18.2 Å². The average molecular weight is 235 g/mol. The van der Waals surface area contributed by atoms with E-state index in [1.807, 2.05) is 0 Å². The summed E-state index contributed by atoms with van der Waals surface area (Å²) in [5, 5.41) is 9.24. The van der Waals surface area contributed by atoms with Gasteiger partial charge in [0, 0.05) is 0 Å². The van der Waals surface area contributed by atoms with Crippen LogP contribution in [-0.4, -0.2) is 11.0 Å². The van der Waals surface area contributed by atoms with Crippen molar-refractivity contribution < 1.29 is 18.3 Å². The van der Waals surface area contributed by atoms with Gasteiger partial charge in [0.05, 0.1) is 17.0 Å². The van der Waals surface area contributed by atoms with Crippen molar-refractivity contribution in [2.24, 2.45) is 0 Å². The minimum Gasteiger partial charge on any atom is -0.507 e. The minimum absolute atomic E-state index is 0.0560. The zero-order chi connectivity index (χ0) is 11.5. The summed E-state index contributed by atoms with van der Waals surface area (Å²) >= 11 is 5.27. The van der Waals surface area contributed by atoms with Crippen molar-refractivity contribution in [3.05, 3.63) is 29.3 Å². The molecule has 0 saturated carbocycles. The van der Waals surface area contributed by atoms with E-state index < -0.39 is 17.5 Å². The molecule has 1 rings (SSSR count). The van der Waals surface area contributed by atoms with Crippen LogP contribution in [0.5, 0.6) is 5.75 Å². The van der Waals surface area contributed by atoms with Gasteiger partial charge >= 0.3 is 6.18 Å². The highest BCUT2D eigenvalue weighted by atomic mass is 35.5. The van der Waals surface area contributed by atoms with E-state index in [1.54, 1.807) is 0 Å². The van der Waals surface area contributed by atoms with Crippen LogP contribution in [0.2, 0.25) is 0 Å². The predicted molar refractivity (Wildman–Crippen MR) is 50.7 cm³/mol. The van der Waals surface area contributed by atoms with Gasteiger partial charge in [-0.25, -0.2) is 0 Å². The molecular formula is C10H6ClF3O. The Hall–Kier alpha value is -1.34. The summed E-state index contributed by atoms with van der Waals surface area (Å²) in [5.41, 5.74) is -0.778. The molecule has 0 unspecified atom stereocenters. The Morgan fingerprint density at radius 2 is 2.00 bits per heavy atom. The molecule has 1 aromatic rings. The second-order valence-corrected chi connectivity index (χ2v) is 2.93. The number of aromatic hydroxyl groups is 1. The fourth-order valence-corrected chi connectivity index (χ4v) is 1.01. The quantitative estimate of drug-likeness (QED) is 0.540. The number of benzene rings is 1. The zero-order valence-electron chi connectivity index (χ0n) is 7.40. The molecule has 0 saturated heterocycles. The molecule has 0 fully saturated rings. The van der Waals surface area contributed by atoms with Crippen LogP contribution in [0.3, 0.4) is 0 Å². The van der Waals surface area contributed by atoms with Gasteiger partial charge in [-0.3, -0.25) is 0 Å². The van der Waals surface area contributed by atoms with Crippen LogP contribution in [0, 0.1) is 11.8 Å². The molecule has 0 radical (unpaired) electrons. The molecule has 0 atom stereocenters. The van der Waals surface area contributed by atoms with E-state index >= 15 is 0 Å². The third kappa shape index (κ3) is 3.07. The van der Waals surface area contributed by atoms with Crippen molar-refractivity contribution in [1.82, 2.24) is 0 Å². The van der Waals surface area contributed by atoms with Crippen LogP contribution >= 0.6 is 11.6 Å². The number of alkyl halides is 4. The standard InChI is InChI=1S/C10H6ClF3O/c11-5-1-2-7-3-4-8(6-9(7)15)10(12,13)14/h3-4,6,15H,5H2. The third-order valence-electron chi connectivity index (χ3n) is 1.61. The first-order chi connectivity index (χ1) is 6.95. The Morgan fingerprint density at radius 1 is 1.33 bits per heavy atom. The zero-order valence-corrected chi connectivity index (χ0v) is 8.15. The first-order valence-electron chi connectivity index (χ1n) is 3.90. The van der Waals surface area contributed by atoms with Crippen molar-refractivity contribution in [3.63, 3.8) is 0 Å². The smallest absolute Gasteiger partial charge is 0.416 e. The van der Waals surface area contributed by atoms with Gasteiger partial charge in [0.25, 0.3) is 0 Å². The van der Waals surface area contributed by atoms with Crippen LogP contribution in [-0.2, 0) is 6.18 Å². The lowest BCUT2D eigenvalue weighted by molar-refractivity contribution is -0.137. The number of rotatable bonds is 0.